The number of anilines is 1. The third kappa shape index (κ3) is 4.25. The highest BCUT2D eigenvalue weighted by molar-refractivity contribution is 8.00. The van der Waals surface area contributed by atoms with Crippen molar-refractivity contribution in [3.63, 3.8) is 0 Å². The number of nitrogens with one attached hydrogen (secondary N) is 1. The zero-order chi connectivity index (χ0) is 20.1. The molecule has 0 aliphatic rings. The highest BCUT2D eigenvalue weighted by Gasteiger charge is 2.20. The summed E-state index contributed by atoms with van der Waals surface area (Å²) in [7, 11) is 0. The molecule has 0 fully saturated rings. The van der Waals surface area contributed by atoms with Crippen molar-refractivity contribution in [2.45, 2.75) is 30.3 Å². The first-order valence-electron chi connectivity index (χ1n) is 8.60. The van der Waals surface area contributed by atoms with Crippen molar-refractivity contribution in [2.24, 2.45) is 0 Å². The quantitative estimate of drug-likeness (QED) is 0.455. The Morgan fingerprint density at radius 1 is 1.43 bits per heavy atom. The van der Waals surface area contributed by atoms with E-state index in [0.29, 0.717) is 39.6 Å². The lowest BCUT2D eigenvalue weighted by molar-refractivity contribution is -0.115. The summed E-state index contributed by atoms with van der Waals surface area (Å²) in [4.78, 5) is 30.0. The minimum atomic E-state index is -0.540. The first kappa shape index (κ1) is 20.1. The number of aliphatic hydroxyl groups is 1. The number of nitrogens with zero attached hydrogens (tertiary/aromatic N) is 3. The molecule has 2 heterocycles. The van der Waals surface area contributed by atoms with Gasteiger partial charge in [-0.3, -0.25) is 14.2 Å². The molecule has 7 nitrogen and oxygen atoms in total. The molecule has 2 aromatic heterocycles. The van der Waals surface area contributed by atoms with Crippen LogP contribution in [0.1, 0.15) is 18.9 Å². The van der Waals surface area contributed by atoms with Gasteiger partial charge in [-0.1, -0.05) is 23.9 Å². The lowest BCUT2D eigenvalue weighted by Crippen LogP contribution is -2.27. The van der Waals surface area contributed by atoms with Crippen molar-refractivity contribution in [2.75, 3.05) is 11.9 Å². The predicted octanol–water partition coefficient (Wildman–Crippen LogP) is 2.83. The number of thiophene rings is 1. The second-order valence-electron chi connectivity index (χ2n) is 5.97. The van der Waals surface area contributed by atoms with Crippen molar-refractivity contribution < 1.29 is 9.90 Å². The van der Waals surface area contributed by atoms with E-state index in [1.54, 1.807) is 42.6 Å². The molecule has 2 N–H and O–H groups in total. The molecule has 1 atom stereocenters. The Kier molecular flexibility index (Phi) is 6.46. The van der Waals surface area contributed by atoms with Gasteiger partial charge < -0.3 is 10.4 Å². The summed E-state index contributed by atoms with van der Waals surface area (Å²) in [5, 5.41) is 23.6. The van der Waals surface area contributed by atoms with Gasteiger partial charge in [-0.2, -0.15) is 5.26 Å². The van der Waals surface area contributed by atoms with Crippen molar-refractivity contribution in [1.29, 1.82) is 5.26 Å². The van der Waals surface area contributed by atoms with Crippen molar-refractivity contribution >= 4 is 44.9 Å². The molecule has 0 aliphatic carbocycles. The van der Waals surface area contributed by atoms with E-state index < -0.39 is 5.25 Å². The minimum Gasteiger partial charge on any atom is -0.396 e. The molecule has 0 spiro atoms. The number of carbonyl (C=O) groups is 1. The number of aromatic nitrogens is 2. The number of carbonyl (C=O) groups excluding carboxylic acids is 1. The highest BCUT2D eigenvalue weighted by Crippen LogP contribution is 2.26. The maximum Gasteiger partial charge on any atom is 0.262 e. The van der Waals surface area contributed by atoms with E-state index in [9.17, 15) is 9.59 Å². The van der Waals surface area contributed by atoms with Crippen LogP contribution in [0.3, 0.4) is 0 Å². The van der Waals surface area contributed by atoms with Crippen molar-refractivity contribution in [3.05, 3.63) is 51.6 Å². The molecular weight excluding hydrogens is 396 g/mol. The summed E-state index contributed by atoms with van der Waals surface area (Å²) >= 11 is 2.46. The summed E-state index contributed by atoms with van der Waals surface area (Å²) in [6, 6.07) is 10.7. The van der Waals surface area contributed by atoms with Gasteiger partial charge in [0.1, 0.15) is 11.1 Å². The first-order valence-corrected chi connectivity index (χ1v) is 10.4. The molecule has 3 rings (SSSR count). The molecule has 0 unspecified atom stereocenters. The van der Waals surface area contributed by atoms with E-state index >= 15 is 0 Å². The summed E-state index contributed by atoms with van der Waals surface area (Å²) in [6.45, 7) is 1.99. The number of benzene rings is 1. The van der Waals surface area contributed by atoms with Crippen LogP contribution in [0, 0.1) is 11.3 Å². The molecule has 0 bridgehead atoms. The molecule has 0 saturated carbocycles. The SMILES string of the molecule is C[C@H](Sc1nc2ccccc2c(=O)n1CCCO)C(=O)Nc1sccc1C#N. The van der Waals surface area contributed by atoms with E-state index in [0.717, 1.165) is 0 Å². The van der Waals surface area contributed by atoms with E-state index in [1.807, 2.05) is 6.07 Å². The van der Waals surface area contributed by atoms with Crippen LogP contribution in [0.25, 0.3) is 10.9 Å². The van der Waals surface area contributed by atoms with Crippen molar-refractivity contribution in [1.82, 2.24) is 9.55 Å². The normalized spacial score (nSPS) is 11.9. The van der Waals surface area contributed by atoms with Gasteiger partial charge in [0.05, 0.1) is 21.7 Å². The first-order chi connectivity index (χ1) is 13.5. The molecule has 1 aromatic carbocycles. The molecule has 144 valence electrons. The average Bonchev–Trinajstić information content (AvgIpc) is 3.14. The lowest BCUT2D eigenvalue weighted by Gasteiger charge is -2.16. The second kappa shape index (κ2) is 9.01. The van der Waals surface area contributed by atoms with Gasteiger partial charge in [0.15, 0.2) is 5.16 Å². The molecule has 0 radical (unpaired) electrons. The minimum absolute atomic E-state index is 0.0469. The van der Waals surface area contributed by atoms with E-state index in [2.05, 4.69) is 10.3 Å². The maximum absolute atomic E-state index is 12.8. The number of hydrogen-bond acceptors (Lipinski definition) is 7. The molecule has 28 heavy (non-hydrogen) atoms. The van der Waals surface area contributed by atoms with Crippen LogP contribution in [-0.4, -0.2) is 32.4 Å². The van der Waals surface area contributed by atoms with E-state index in [4.69, 9.17) is 10.4 Å². The van der Waals surface area contributed by atoms with Crippen LogP contribution >= 0.6 is 23.1 Å². The number of fused-ring (bicyclic) bond motifs is 1. The van der Waals surface area contributed by atoms with Gasteiger partial charge in [-0.25, -0.2) is 4.98 Å². The fourth-order valence-corrected chi connectivity index (χ4v) is 4.26. The number of aliphatic hydroxyl groups excluding tert-OH is 1. The summed E-state index contributed by atoms with van der Waals surface area (Å²) < 4.78 is 1.50. The Hall–Kier alpha value is -2.67. The number of rotatable bonds is 7. The fourth-order valence-electron chi connectivity index (χ4n) is 2.58. The molecule has 3 aromatic rings. The van der Waals surface area contributed by atoms with Gasteiger partial charge >= 0.3 is 0 Å². The summed E-state index contributed by atoms with van der Waals surface area (Å²) in [5.41, 5.74) is 0.784. The number of para-hydroxylation sites is 1. The van der Waals surface area contributed by atoms with Crippen molar-refractivity contribution in [3.8, 4) is 6.07 Å². The Labute approximate surface area is 169 Å². The molecule has 0 aliphatic heterocycles. The number of nitriles is 1. The maximum atomic E-state index is 12.8. The monoisotopic (exact) mass is 414 g/mol. The summed E-state index contributed by atoms with van der Waals surface area (Å²) in [6.07, 6.45) is 0.411. The highest BCUT2D eigenvalue weighted by atomic mass is 32.2. The number of hydrogen-bond donors (Lipinski definition) is 2. The van der Waals surface area contributed by atoms with Crippen LogP contribution in [0.2, 0.25) is 0 Å². The Morgan fingerprint density at radius 3 is 2.96 bits per heavy atom. The van der Waals surface area contributed by atoms with E-state index in [1.165, 1.54) is 27.7 Å². The fraction of sp³-hybridized carbons (Fsp3) is 0.263. The zero-order valence-corrected chi connectivity index (χ0v) is 16.7. The Balaban J connectivity index is 1.88. The second-order valence-corrected chi connectivity index (χ2v) is 8.19. The molecular formula is C19H18N4O3S2. The smallest absolute Gasteiger partial charge is 0.262 e. The molecule has 0 saturated heterocycles. The third-order valence-electron chi connectivity index (χ3n) is 4.04. The van der Waals surface area contributed by atoms with Gasteiger partial charge in [0, 0.05) is 13.2 Å². The van der Waals surface area contributed by atoms with Crippen LogP contribution < -0.4 is 10.9 Å². The van der Waals surface area contributed by atoms with Gasteiger partial charge in [0.2, 0.25) is 5.91 Å². The number of amides is 1. The lowest BCUT2D eigenvalue weighted by atomic mass is 10.2. The summed E-state index contributed by atoms with van der Waals surface area (Å²) in [5.74, 6) is -0.278. The topological polar surface area (TPSA) is 108 Å². The molecule has 9 heteroatoms. The average molecular weight is 415 g/mol. The van der Waals surface area contributed by atoms with Crippen LogP contribution in [0.5, 0.6) is 0 Å². The van der Waals surface area contributed by atoms with Crippen LogP contribution in [0.15, 0.2) is 45.7 Å². The van der Waals surface area contributed by atoms with Gasteiger partial charge in [-0.15, -0.1) is 11.3 Å². The zero-order valence-electron chi connectivity index (χ0n) is 15.1. The predicted molar refractivity (Wildman–Crippen MR) is 111 cm³/mol. The Morgan fingerprint density at radius 2 is 2.21 bits per heavy atom. The van der Waals surface area contributed by atoms with E-state index in [-0.39, 0.29) is 18.1 Å². The largest absolute Gasteiger partial charge is 0.396 e. The van der Waals surface area contributed by atoms with Crippen LogP contribution in [0.4, 0.5) is 5.00 Å². The third-order valence-corrected chi connectivity index (χ3v) is 5.96. The standard InChI is InChI=1S/C19H18N4O3S2/c1-12(16(25)22-17-13(11-20)7-10-27-17)28-19-21-15-6-3-2-5-14(15)18(26)23(19)8-4-9-24/h2-3,5-7,10,12,24H,4,8-9H2,1H3,(H,22,25)/t12-/m0/s1. The Bertz CT molecular complexity index is 1100. The van der Waals surface area contributed by atoms with Crippen LogP contribution in [-0.2, 0) is 11.3 Å². The van der Waals surface area contributed by atoms with Gasteiger partial charge in [0.25, 0.3) is 5.56 Å². The van der Waals surface area contributed by atoms with Gasteiger partial charge in [-0.05, 0) is 36.9 Å². The molecule has 1 amide bonds. The number of thioether (sulfide) groups is 1.